The molecule has 1 aromatic rings. The molecule has 0 bridgehead atoms. The van der Waals surface area contributed by atoms with Crippen LogP contribution >= 0.6 is 0 Å². The van der Waals surface area contributed by atoms with Crippen LogP contribution in [-0.4, -0.2) is 33.8 Å². The molecule has 6 heteroatoms. The molecule has 3 N–H and O–H groups in total. The number of aromatic nitrogens is 3. The molecule has 0 aromatic carbocycles. The Labute approximate surface area is 101 Å². The number of rotatable bonds is 5. The van der Waals surface area contributed by atoms with Crippen molar-refractivity contribution in [3.05, 3.63) is 12.2 Å². The molecule has 0 saturated heterocycles. The molecular weight excluding hydrogens is 218 g/mol. The quantitative estimate of drug-likeness (QED) is 0.730. The standard InChI is InChI=1S/C11H19N5O/c1-16-8-14-9(15-16)3-6-13-10(17)11(7-12)4-2-5-11/h8H,2-7,12H2,1H3,(H,13,17). The number of carbonyl (C=O) groups excluding carboxylic acids is 1. The smallest absolute Gasteiger partial charge is 0.227 e. The van der Waals surface area contributed by atoms with Crippen LogP contribution in [0.4, 0.5) is 0 Å². The van der Waals surface area contributed by atoms with E-state index >= 15 is 0 Å². The minimum absolute atomic E-state index is 0.0854. The molecule has 1 amide bonds. The summed E-state index contributed by atoms with van der Waals surface area (Å²) in [6, 6.07) is 0. The van der Waals surface area contributed by atoms with Crippen LogP contribution in [0.1, 0.15) is 25.1 Å². The van der Waals surface area contributed by atoms with Gasteiger partial charge in [-0.25, -0.2) is 4.98 Å². The molecule has 0 spiro atoms. The van der Waals surface area contributed by atoms with Crippen LogP contribution < -0.4 is 11.1 Å². The van der Waals surface area contributed by atoms with E-state index in [-0.39, 0.29) is 11.3 Å². The van der Waals surface area contributed by atoms with Crippen molar-refractivity contribution in [2.24, 2.45) is 18.2 Å². The first-order valence-electron chi connectivity index (χ1n) is 5.99. The molecule has 0 atom stereocenters. The van der Waals surface area contributed by atoms with Crippen molar-refractivity contribution in [1.82, 2.24) is 20.1 Å². The number of aryl methyl sites for hydroxylation is 1. The largest absolute Gasteiger partial charge is 0.355 e. The third kappa shape index (κ3) is 2.46. The molecule has 0 aliphatic heterocycles. The van der Waals surface area contributed by atoms with E-state index in [2.05, 4.69) is 15.4 Å². The number of nitrogens with one attached hydrogen (secondary N) is 1. The van der Waals surface area contributed by atoms with Crippen molar-refractivity contribution >= 4 is 5.91 Å². The van der Waals surface area contributed by atoms with Crippen molar-refractivity contribution in [1.29, 1.82) is 0 Å². The zero-order chi connectivity index (χ0) is 12.3. The fraction of sp³-hybridized carbons (Fsp3) is 0.727. The van der Waals surface area contributed by atoms with Crippen molar-refractivity contribution in [3.63, 3.8) is 0 Å². The number of carbonyl (C=O) groups is 1. The van der Waals surface area contributed by atoms with Crippen LogP contribution in [0.3, 0.4) is 0 Å². The number of nitrogens with zero attached hydrogens (tertiary/aromatic N) is 3. The second-order valence-corrected chi connectivity index (χ2v) is 4.68. The zero-order valence-electron chi connectivity index (χ0n) is 10.1. The summed E-state index contributed by atoms with van der Waals surface area (Å²) in [5.41, 5.74) is 5.37. The van der Waals surface area contributed by atoms with Crippen LogP contribution in [-0.2, 0) is 18.3 Å². The Morgan fingerprint density at radius 3 is 2.88 bits per heavy atom. The molecule has 1 heterocycles. The summed E-state index contributed by atoms with van der Waals surface area (Å²) >= 11 is 0. The highest BCUT2D eigenvalue weighted by Crippen LogP contribution is 2.39. The van der Waals surface area contributed by atoms with Gasteiger partial charge in [-0.2, -0.15) is 5.10 Å². The topological polar surface area (TPSA) is 85.8 Å². The van der Waals surface area contributed by atoms with Crippen LogP contribution in [0, 0.1) is 5.41 Å². The van der Waals surface area contributed by atoms with Gasteiger partial charge in [-0.1, -0.05) is 6.42 Å². The van der Waals surface area contributed by atoms with Gasteiger partial charge in [-0.3, -0.25) is 9.48 Å². The highest BCUT2D eigenvalue weighted by molar-refractivity contribution is 5.83. The van der Waals surface area contributed by atoms with Crippen LogP contribution in [0.25, 0.3) is 0 Å². The molecule has 1 saturated carbocycles. The fourth-order valence-electron chi connectivity index (χ4n) is 2.10. The number of nitrogens with two attached hydrogens (primary N) is 1. The minimum atomic E-state index is -0.294. The Kier molecular flexibility index (Phi) is 3.42. The minimum Gasteiger partial charge on any atom is -0.355 e. The molecule has 6 nitrogen and oxygen atoms in total. The van der Waals surface area contributed by atoms with E-state index < -0.39 is 0 Å². The average Bonchev–Trinajstić information content (AvgIpc) is 2.63. The third-order valence-electron chi connectivity index (χ3n) is 3.46. The van der Waals surface area contributed by atoms with Gasteiger partial charge in [0.2, 0.25) is 5.91 Å². The summed E-state index contributed by atoms with van der Waals surface area (Å²) in [5.74, 6) is 0.838. The summed E-state index contributed by atoms with van der Waals surface area (Å²) in [6.45, 7) is 1.02. The van der Waals surface area contributed by atoms with Crippen molar-refractivity contribution in [2.75, 3.05) is 13.1 Å². The predicted molar refractivity (Wildman–Crippen MR) is 63.1 cm³/mol. The molecule has 1 fully saturated rings. The van der Waals surface area contributed by atoms with Crippen molar-refractivity contribution in [2.45, 2.75) is 25.7 Å². The van der Waals surface area contributed by atoms with Gasteiger partial charge in [0, 0.05) is 26.6 Å². The second kappa shape index (κ2) is 4.83. The summed E-state index contributed by atoms with van der Waals surface area (Å²) in [7, 11) is 1.83. The maximum absolute atomic E-state index is 11.9. The lowest BCUT2D eigenvalue weighted by Crippen LogP contribution is -2.50. The van der Waals surface area contributed by atoms with Crippen molar-refractivity contribution in [3.8, 4) is 0 Å². The van der Waals surface area contributed by atoms with Crippen LogP contribution in [0.15, 0.2) is 6.33 Å². The number of hydrogen-bond donors (Lipinski definition) is 2. The monoisotopic (exact) mass is 237 g/mol. The lowest BCUT2D eigenvalue weighted by Gasteiger charge is -2.39. The molecule has 1 aliphatic carbocycles. The summed E-state index contributed by atoms with van der Waals surface area (Å²) < 4.78 is 1.66. The summed E-state index contributed by atoms with van der Waals surface area (Å²) in [6.07, 6.45) is 5.25. The van der Waals surface area contributed by atoms with Gasteiger partial charge < -0.3 is 11.1 Å². The Morgan fingerprint density at radius 2 is 2.41 bits per heavy atom. The van der Waals surface area contributed by atoms with E-state index in [0.717, 1.165) is 25.1 Å². The first-order chi connectivity index (χ1) is 8.16. The Morgan fingerprint density at radius 1 is 1.65 bits per heavy atom. The van der Waals surface area contributed by atoms with Gasteiger partial charge in [-0.15, -0.1) is 0 Å². The van der Waals surface area contributed by atoms with E-state index in [1.807, 2.05) is 7.05 Å². The highest BCUT2D eigenvalue weighted by Gasteiger charge is 2.42. The van der Waals surface area contributed by atoms with Gasteiger partial charge in [0.05, 0.1) is 5.41 Å². The van der Waals surface area contributed by atoms with E-state index in [1.165, 1.54) is 0 Å². The molecule has 1 aromatic heterocycles. The molecule has 1 aliphatic rings. The lowest BCUT2D eigenvalue weighted by molar-refractivity contribution is -0.135. The van der Waals surface area contributed by atoms with Gasteiger partial charge in [0.25, 0.3) is 0 Å². The normalized spacial score (nSPS) is 17.5. The Balaban J connectivity index is 1.77. The third-order valence-corrected chi connectivity index (χ3v) is 3.46. The molecular formula is C11H19N5O. The maximum Gasteiger partial charge on any atom is 0.227 e. The molecule has 0 unspecified atom stereocenters. The fourth-order valence-corrected chi connectivity index (χ4v) is 2.10. The van der Waals surface area contributed by atoms with Crippen LogP contribution in [0.2, 0.25) is 0 Å². The highest BCUT2D eigenvalue weighted by atomic mass is 16.2. The lowest BCUT2D eigenvalue weighted by atomic mass is 9.68. The first kappa shape index (κ1) is 12.0. The summed E-state index contributed by atoms with van der Waals surface area (Å²) in [5, 5.41) is 7.08. The Bertz CT molecular complexity index is 391. The number of hydrogen-bond acceptors (Lipinski definition) is 4. The second-order valence-electron chi connectivity index (χ2n) is 4.68. The molecule has 0 radical (unpaired) electrons. The molecule has 2 rings (SSSR count). The van der Waals surface area contributed by atoms with Gasteiger partial charge >= 0.3 is 0 Å². The molecule has 17 heavy (non-hydrogen) atoms. The van der Waals surface area contributed by atoms with E-state index in [0.29, 0.717) is 19.5 Å². The SMILES string of the molecule is Cn1cnc(CCNC(=O)C2(CN)CCC2)n1. The maximum atomic E-state index is 11.9. The van der Waals surface area contributed by atoms with Crippen LogP contribution in [0.5, 0.6) is 0 Å². The van der Waals surface area contributed by atoms with Gasteiger partial charge in [0.15, 0.2) is 5.82 Å². The van der Waals surface area contributed by atoms with Crippen molar-refractivity contribution < 1.29 is 4.79 Å². The van der Waals surface area contributed by atoms with E-state index in [4.69, 9.17) is 5.73 Å². The number of amides is 1. The van der Waals surface area contributed by atoms with Gasteiger partial charge in [-0.05, 0) is 12.8 Å². The molecule has 94 valence electrons. The van der Waals surface area contributed by atoms with E-state index in [1.54, 1.807) is 11.0 Å². The average molecular weight is 237 g/mol. The predicted octanol–water partition coefficient (Wildman–Crippen LogP) is -0.397. The summed E-state index contributed by atoms with van der Waals surface area (Å²) in [4.78, 5) is 16.0. The van der Waals surface area contributed by atoms with E-state index in [9.17, 15) is 4.79 Å². The van der Waals surface area contributed by atoms with Gasteiger partial charge in [0.1, 0.15) is 6.33 Å². The Hall–Kier alpha value is -1.43. The zero-order valence-corrected chi connectivity index (χ0v) is 10.1. The first-order valence-corrected chi connectivity index (χ1v) is 5.99.